The molecule has 8 heteroatoms. The van der Waals surface area contributed by atoms with Gasteiger partial charge < -0.3 is 14.2 Å². The van der Waals surface area contributed by atoms with E-state index in [9.17, 15) is 0 Å². The number of aromatic nitrogens is 3. The van der Waals surface area contributed by atoms with Crippen LogP contribution in [0.2, 0.25) is 0 Å². The highest BCUT2D eigenvalue weighted by Gasteiger charge is 2.28. The fraction of sp³-hybridized carbons (Fsp3) is 0.667. The molecule has 3 heterocycles. The largest absolute Gasteiger partial charge is 0.467 e. The van der Waals surface area contributed by atoms with Crippen LogP contribution in [0.25, 0.3) is 0 Å². The Morgan fingerprint density at radius 2 is 2.09 bits per heavy atom. The van der Waals surface area contributed by atoms with Crippen LogP contribution in [0.3, 0.4) is 0 Å². The van der Waals surface area contributed by atoms with Crippen molar-refractivity contribution in [3.63, 3.8) is 0 Å². The van der Waals surface area contributed by atoms with E-state index in [0.717, 1.165) is 40.7 Å². The van der Waals surface area contributed by atoms with Crippen molar-refractivity contribution in [2.75, 3.05) is 18.0 Å². The van der Waals surface area contributed by atoms with Gasteiger partial charge in [-0.15, -0.1) is 0 Å². The van der Waals surface area contributed by atoms with Gasteiger partial charge in [-0.05, 0) is 41.6 Å². The van der Waals surface area contributed by atoms with Gasteiger partial charge in [0.2, 0.25) is 0 Å². The fourth-order valence-corrected chi connectivity index (χ4v) is 3.79. The number of ether oxygens (including phenoxy) is 1. The van der Waals surface area contributed by atoms with Gasteiger partial charge in [-0.3, -0.25) is 0 Å². The zero-order chi connectivity index (χ0) is 16.4. The number of rotatable bonds is 5. The second kappa shape index (κ2) is 7.17. The van der Waals surface area contributed by atoms with E-state index in [-0.39, 0.29) is 12.0 Å². The molecule has 1 atom stereocenters. The van der Waals surface area contributed by atoms with Gasteiger partial charge in [-0.1, -0.05) is 30.3 Å². The molecule has 3 rings (SSSR count). The summed E-state index contributed by atoms with van der Waals surface area (Å²) >= 11 is 4.93. The maximum absolute atomic E-state index is 5.96. The van der Waals surface area contributed by atoms with Gasteiger partial charge in [-0.2, -0.15) is 4.98 Å². The number of nitrogens with zero attached hydrogens (tertiary/aromatic N) is 4. The standard InChI is InChI=1S/C15H21BrN4O2S/c1-9(2)13-18-14(22-19-13)20-6-4-11(5-7-20)10(3)21-15-17-8-12(16)23-15/h8-11H,4-7H2,1-3H3. The van der Waals surface area contributed by atoms with E-state index in [1.807, 2.05) is 0 Å². The molecule has 1 aliphatic heterocycles. The lowest BCUT2D eigenvalue weighted by molar-refractivity contribution is 0.131. The van der Waals surface area contributed by atoms with E-state index in [4.69, 9.17) is 9.26 Å². The summed E-state index contributed by atoms with van der Waals surface area (Å²) in [5.74, 6) is 1.57. The predicted molar refractivity (Wildman–Crippen MR) is 93.2 cm³/mol. The second-order valence-electron chi connectivity index (χ2n) is 6.17. The molecule has 0 N–H and O–H groups in total. The Bertz CT molecular complexity index is 637. The fourth-order valence-electron chi connectivity index (χ4n) is 2.70. The molecule has 0 spiro atoms. The van der Waals surface area contributed by atoms with Crippen LogP contribution in [0.5, 0.6) is 5.19 Å². The first-order chi connectivity index (χ1) is 11.0. The van der Waals surface area contributed by atoms with E-state index in [2.05, 4.69) is 56.7 Å². The molecule has 1 unspecified atom stereocenters. The molecule has 1 aliphatic rings. The van der Waals surface area contributed by atoms with Gasteiger partial charge in [-0.25, -0.2) is 4.98 Å². The molecule has 23 heavy (non-hydrogen) atoms. The van der Waals surface area contributed by atoms with Crippen molar-refractivity contribution >= 4 is 33.3 Å². The van der Waals surface area contributed by atoms with E-state index < -0.39 is 0 Å². The molecule has 0 saturated carbocycles. The minimum Gasteiger partial charge on any atom is -0.467 e. The van der Waals surface area contributed by atoms with Crippen molar-refractivity contribution in [1.29, 1.82) is 0 Å². The third-order valence-electron chi connectivity index (χ3n) is 4.16. The number of anilines is 1. The monoisotopic (exact) mass is 400 g/mol. The van der Waals surface area contributed by atoms with E-state index >= 15 is 0 Å². The molecule has 0 radical (unpaired) electrons. The van der Waals surface area contributed by atoms with Crippen molar-refractivity contribution < 1.29 is 9.26 Å². The van der Waals surface area contributed by atoms with Crippen LogP contribution in [0, 0.1) is 5.92 Å². The Hall–Kier alpha value is -1.15. The van der Waals surface area contributed by atoms with Crippen molar-refractivity contribution in [2.24, 2.45) is 5.92 Å². The molecule has 1 saturated heterocycles. The van der Waals surface area contributed by atoms with Crippen LogP contribution in [-0.4, -0.2) is 34.3 Å². The summed E-state index contributed by atoms with van der Waals surface area (Å²) < 4.78 is 12.3. The molecular weight excluding hydrogens is 380 g/mol. The molecule has 0 amide bonds. The third-order valence-corrected chi connectivity index (χ3v) is 5.53. The highest BCUT2D eigenvalue weighted by molar-refractivity contribution is 9.11. The van der Waals surface area contributed by atoms with Crippen molar-refractivity contribution in [2.45, 2.75) is 45.6 Å². The molecule has 126 valence electrons. The van der Waals surface area contributed by atoms with Gasteiger partial charge in [0.15, 0.2) is 5.82 Å². The van der Waals surface area contributed by atoms with Crippen LogP contribution < -0.4 is 9.64 Å². The average Bonchev–Trinajstić information content (AvgIpc) is 3.17. The highest BCUT2D eigenvalue weighted by Crippen LogP contribution is 2.30. The smallest absolute Gasteiger partial charge is 0.324 e. The first-order valence-electron chi connectivity index (χ1n) is 7.89. The Kier molecular flexibility index (Phi) is 5.21. The molecule has 0 bridgehead atoms. The van der Waals surface area contributed by atoms with Crippen LogP contribution in [-0.2, 0) is 0 Å². The molecule has 6 nitrogen and oxygen atoms in total. The van der Waals surface area contributed by atoms with Crippen LogP contribution in [0.1, 0.15) is 45.4 Å². The first-order valence-corrected chi connectivity index (χ1v) is 9.50. The number of halogens is 1. The summed E-state index contributed by atoms with van der Waals surface area (Å²) in [6, 6.07) is 0.643. The summed E-state index contributed by atoms with van der Waals surface area (Å²) in [6.07, 6.45) is 4.03. The topological polar surface area (TPSA) is 64.3 Å². The van der Waals surface area contributed by atoms with Gasteiger partial charge in [0.1, 0.15) is 6.10 Å². The van der Waals surface area contributed by atoms with E-state index in [1.165, 1.54) is 11.3 Å². The maximum Gasteiger partial charge on any atom is 0.324 e. The van der Waals surface area contributed by atoms with Gasteiger partial charge in [0.25, 0.3) is 5.19 Å². The van der Waals surface area contributed by atoms with Crippen LogP contribution in [0.4, 0.5) is 6.01 Å². The predicted octanol–water partition coefficient (Wildman–Crippen LogP) is 4.10. The average molecular weight is 401 g/mol. The lowest BCUT2D eigenvalue weighted by atomic mass is 9.92. The minimum atomic E-state index is 0.157. The SMILES string of the molecule is CC(C)c1noc(N2CCC(C(C)Oc3ncc(Br)s3)CC2)n1. The zero-order valence-corrected chi connectivity index (χ0v) is 15.9. The molecule has 0 aromatic carbocycles. The molecule has 0 aliphatic carbocycles. The summed E-state index contributed by atoms with van der Waals surface area (Å²) in [6.45, 7) is 8.09. The first kappa shape index (κ1) is 16.7. The third kappa shape index (κ3) is 4.03. The Balaban J connectivity index is 1.53. The second-order valence-corrected chi connectivity index (χ2v) is 8.54. The molecule has 1 fully saturated rings. The Labute approximate surface area is 148 Å². The molecule has 2 aromatic heterocycles. The summed E-state index contributed by atoms with van der Waals surface area (Å²) in [7, 11) is 0. The number of piperidine rings is 1. The van der Waals surface area contributed by atoms with Crippen molar-refractivity contribution in [1.82, 2.24) is 15.1 Å². The minimum absolute atomic E-state index is 0.157. The summed E-state index contributed by atoms with van der Waals surface area (Å²) in [4.78, 5) is 10.9. The van der Waals surface area contributed by atoms with Crippen molar-refractivity contribution in [3.05, 3.63) is 15.8 Å². The normalized spacial score (nSPS) is 17.7. The zero-order valence-electron chi connectivity index (χ0n) is 13.5. The quantitative estimate of drug-likeness (QED) is 0.752. The summed E-state index contributed by atoms with van der Waals surface area (Å²) in [5.41, 5.74) is 0. The molecular formula is C15H21BrN4O2S. The number of hydrogen-bond acceptors (Lipinski definition) is 7. The lowest BCUT2D eigenvalue weighted by Crippen LogP contribution is -2.38. The van der Waals surface area contributed by atoms with Gasteiger partial charge >= 0.3 is 6.01 Å². The number of hydrogen-bond donors (Lipinski definition) is 0. The van der Waals surface area contributed by atoms with Gasteiger partial charge in [0, 0.05) is 19.0 Å². The lowest BCUT2D eigenvalue weighted by Gasteiger charge is -2.33. The van der Waals surface area contributed by atoms with E-state index in [0.29, 0.717) is 11.9 Å². The molecule has 2 aromatic rings. The highest BCUT2D eigenvalue weighted by atomic mass is 79.9. The van der Waals surface area contributed by atoms with Gasteiger partial charge in [0.05, 0.1) is 9.98 Å². The Morgan fingerprint density at radius 3 is 2.65 bits per heavy atom. The van der Waals surface area contributed by atoms with E-state index in [1.54, 1.807) is 6.20 Å². The van der Waals surface area contributed by atoms with Crippen LogP contribution in [0.15, 0.2) is 14.5 Å². The van der Waals surface area contributed by atoms with Crippen molar-refractivity contribution in [3.8, 4) is 5.19 Å². The summed E-state index contributed by atoms with van der Waals surface area (Å²) in [5, 5.41) is 4.77. The maximum atomic E-state index is 5.96. The van der Waals surface area contributed by atoms with Crippen LogP contribution >= 0.6 is 27.3 Å². The number of thiazole rings is 1. The Morgan fingerprint density at radius 1 is 1.35 bits per heavy atom.